The lowest BCUT2D eigenvalue weighted by atomic mass is 9.60. The molecule has 0 bridgehead atoms. The quantitative estimate of drug-likeness (QED) is 0.899. The number of aromatic nitrogens is 1. The summed E-state index contributed by atoms with van der Waals surface area (Å²) in [5, 5.41) is 4.95. The molecule has 0 aromatic carbocycles. The second-order valence-electron chi connectivity index (χ2n) is 5.92. The van der Waals surface area contributed by atoms with Gasteiger partial charge in [-0.05, 0) is 33.1 Å². The van der Waals surface area contributed by atoms with Gasteiger partial charge in [-0.1, -0.05) is 12.8 Å². The Balaban J connectivity index is 1.59. The molecule has 1 aromatic heterocycles. The first-order chi connectivity index (χ1) is 9.24. The van der Waals surface area contributed by atoms with Gasteiger partial charge in [0.2, 0.25) is 0 Å². The predicted octanol–water partition coefficient (Wildman–Crippen LogP) is 3.28. The Kier molecular flexibility index (Phi) is 3.92. The monoisotopic (exact) mass is 280 g/mol. The van der Waals surface area contributed by atoms with Crippen molar-refractivity contribution in [1.82, 2.24) is 10.3 Å². The molecular formula is C15H24N2OS. The summed E-state index contributed by atoms with van der Waals surface area (Å²) >= 11 is 1.80. The topological polar surface area (TPSA) is 34.1 Å². The smallest absolute Gasteiger partial charge is 0.107 e. The molecule has 0 amide bonds. The van der Waals surface area contributed by atoms with Gasteiger partial charge in [-0.3, -0.25) is 0 Å². The van der Waals surface area contributed by atoms with E-state index in [1.165, 1.54) is 42.0 Å². The number of ether oxygens (including phenoxy) is 1. The molecule has 1 aromatic rings. The number of hydrogen-bond acceptors (Lipinski definition) is 4. The molecule has 2 atom stereocenters. The van der Waals surface area contributed by atoms with Crippen LogP contribution in [0.3, 0.4) is 0 Å². The Morgan fingerprint density at radius 1 is 1.47 bits per heavy atom. The van der Waals surface area contributed by atoms with E-state index in [0.717, 1.165) is 13.2 Å². The van der Waals surface area contributed by atoms with Crippen molar-refractivity contribution < 1.29 is 4.74 Å². The number of nitrogens with one attached hydrogen (secondary N) is 1. The van der Waals surface area contributed by atoms with Gasteiger partial charge in [0.05, 0.1) is 6.10 Å². The summed E-state index contributed by atoms with van der Waals surface area (Å²) < 4.78 is 5.95. The normalized spacial score (nSPS) is 28.7. The fourth-order valence-electron chi connectivity index (χ4n) is 3.87. The van der Waals surface area contributed by atoms with Gasteiger partial charge in [-0.15, -0.1) is 11.3 Å². The van der Waals surface area contributed by atoms with Crippen LogP contribution in [0.1, 0.15) is 48.9 Å². The van der Waals surface area contributed by atoms with E-state index >= 15 is 0 Å². The third kappa shape index (κ3) is 2.46. The maximum atomic E-state index is 5.95. The Hall–Kier alpha value is -0.450. The first-order valence-corrected chi connectivity index (χ1v) is 8.32. The Bertz CT molecular complexity index is 426. The van der Waals surface area contributed by atoms with Gasteiger partial charge >= 0.3 is 0 Å². The third-order valence-electron chi connectivity index (χ3n) is 4.86. The summed E-state index contributed by atoms with van der Waals surface area (Å²) in [6, 6.07) is 0.635. The van der Waals surface area contributed by atoms with E-state index in [2.05, 4.69) is 24.1 Å². The number of nitrogens with zero attached hydrogens (tertiary/aromatic N) is 1. The average molecular weight is 280 g/mol. The molecule has 3 nitrogen and oxygen atoms in total. The van der Waals surface area contributed by atoms with Crippen LogP contribution in [0.2, 0.25) is 0 Å². The molecule has 1 heterocycles. The first-order valence-electron chi connectivity index (χ1n) is 7.51. The highest BCUT2D eigenvalue weighted by Gasteiger charge is 2.56. The minimum absolute atomic E-state index is 0.433. The van der Waals surface area contributed by atoms with Gasteiger partial charge in [-0.25, -0.2) is 4.98 Å². The second kappa shape index (κ2) is 5.51. The Morgan fingerprint density at radius 3 is 2.89 bits per heavy atom. The fourth-order valence-corrected chi connectivity index (χ4v) is 4.60. The Labute approximate surface area is 119 Å². The van der Waals surface area contributed by atoms with Gasteiger partial charge in [-0.2, -0.15) is 0 Å². The van der Waals surface area contributed by atoms with Crippen molar-refractivity contribution >= 4 is 11.3 Å². The lowest BCUT2D eigenvalue weighted by Gasteiger charge is -2.54. The molecule has 2 saturated carbocycles. The molecule has 0 aliphatic heterocycles. The highest BCUT2D eigenvalue weighted by Crippen LogP contribution is 2.54. The van der Waals surface area contributed by atoms with Crippen molar-refractivity contribution in [2.45, 2.75) is 64.6 Å². The highest BCUT2D eigenvalue weighted by molar-refractivity contribution is 7.11. The van der Waals surface area contributed by atoms with E-state index in [1.54, 1.807) is 11.3 Å². The summed E-state index contributed by atoms with van der Waals surface area (Å²) in [4.78, 5) is 5.74. The zero-order chi connectivity index (χ0) is 13.3. The zero-order valence-electron chi connectivity index (χ0n) is 11.9. The van der Waals surface area contributed by atoms with Crippen molar-refractivity contribution in [2.24, 2.45) is 5.41 Å². The standard InChI is InChI=1S/C15H24N2OS/c1-3-18-13-8-12(15(13)6-4-5-7-15)16-10-14-17-9-11(2)19-14/h9,12-13,16H,3-8,10H2,1-2H3. The van der Waals surface area contributed by atoms with E-state index in [1.807, 2.05) is 6.20 Å². The van der Waals surface area contributed by atoms with Crippen LogP contribution in [0.25, 0.3) is 0 Å². The molecule has 2 fully saturated rings. The summed E-state index contributed by atoms with van der Waals surface area (Å²) in [5.74, 6) is 0. The molecule has 1 N–H and O–H groups in total. The number of thiazole rings is 1. The highest BCUT2D eigenvalue weighted by atomic mass is 32.1. The largest absolute Gasteiger partial charge is 0.378 e. The van der Waals surface area contributed by atoms with Crippen LogP contribution < -0.4 is 5.32 Å². The molecule has 106 valence electrons. The van der Waals surface area contributed by atoms with Gasteiger partial charge in [0.25, 0.3) is 0 Å². The molecular weight excluding hydrogens is 256 g/mol. The molecule has 3 rings (SSSR count). The summed E-state index contributed by atoms with van der Waals surface area (Å²) in [5.41, 5.74) is 0.433. The maximum absolute atomic E-state index is 5.95. The summed E-state index contributed by atoms with van der Waals surface area (Å²) in [6.45, 7) is 6.00. The molecule has 1 spiro atoms. The lowest BCUT2D eigenvalue weighted by molar-refractivity contribution is -0.130. The van der Waals surface area contributed by atoms with Crippen LogP contribution in [-0.2, 0) is 11.3 Å². The van der Waals surface area contributed by atoms with Crippen LogP contribution in [0.15, 0.2) is 6.20 Å². The van der Waals surface area contributed by atoms with Gasteiger partial charge < -0.3 is 10.1 Å². The van der Waals surface area contributed by atoms with Crippen LogP contribution in [0, 0.1) is 12.3 Å². The van der Waals surface area contributed by atoms with Crippen molar-refractivity contribution in [3.05, 3.63) is 16.1 Å². The zero-order valence-corrected chi connectivity index (χ0v) is 12.8. The van der Waals surface area contributed by atoms with E-state index < -0.39 is 0 Å². The van der Waals surface area contributed by atoms with E-state index in [0.29, 0.717) is 17.6 Å². The lowest BCUT2D eigenvalue weighted by Crippen LogP contribution is -2.62. The number of rotatable bonds is 5. The van der Waals surface area contributed by atoms with Crippen LogP contribution in [0.4, 0.5) is 0 Å². The fraction of sp³-hybridized carbons (Fsp3) is 0.800. The van der Waals surface area contributed by atoms with Crippen molar-refractivity contribution in [3.8, 4) is 0 Å². The first kappa shape index (κ1) is 13.5. The maximum Gasteiger partial charge on any atom is 0.107 e. The molecule has 0 saturated heterocycles. The molecule has 19 heavy (non-hydrogen) atoms. The van der Waals surface area contributed by atoms with Crippen LogP contribution >= 0.6 is 11.3 Å². The summed E-state index contributed by atoms with van der Waals surface area (Å²) in [7, 11) is 0. The van der Waals surface area contributed by atoms with Crippen molar-refractivity contribution in [1.29, 1.82) is 0 Å². The second-order valence-corrected chi connectivity index (χ2v) is 7.24. The number of aryl methyl sites for hydroxylation is 1. The van der Waals surface area contributed by atoms with Crippen molar-refractivity contribution in [2.75, 3.05) is 6.61 Å². The van der Waals surface area contributed by atoms with Crippen molar-refractivity contribution in [3.63, 3.8) is 0 Å². The van der Waals surface area contributed by atoms with Crippen LogP contribution in [-0.4, -0.2) is 23.7 Å². The SMILES string of the molecule is CCOC1CC(NCc2ncc(C)s2)C12CCCC2. The van der Waals surface area contributed by atoms with E-state index in [-0.39, 0.29) is 0 Å². The Morgan fingerprint density at radius 2 is 2.26 bits per heavy atom. The minimum atomic E-state index is 0.433. The third-order valence-corrected chi connectivity index (χ3v) is 5.77. The predicted molar refractivity (Wildman–Crippen MR) is 78.4 cm³/mol. The minimum Gasteiger partial charge on any atom is -0.378 e. The van der Waals surface area contributed by atoms with Gasteiger partial charge in [0.15, 0.2) is 0 Å². The van der Waals surface area contributed by atoms with Gasteiger partial charge in [0, 0.05) is 35.7 Å². The van der Waals surface area contributed by atoms with E-state index in [4.69, 9.17) is 4.74 Å². The van der Waals surface area contributed by atoms with Crippen LogP contribution in [0.5, 0.6) is 0 Å². The molecule has 4 heteroatoms. The summed E-state index contributed by atoms with van der Waals surface area (Å²) in [6.07, 6.45) is 9.07. The molecule has 0 radical (unpaired) electrons. The van der Waals surface area contributed by atoms with E-state index in [9.17, 15) is 0 Å². The average Bonchev–Trinajstić information content (AvgIpc) is 3.03. The molecule has 2 aliphatic carbocycles. The molecule has 2 unspecified atom stereocenters. The number of hydrogen-bond donors (Lipinski definition) is 1. The molecule has 2 aliphatic rings. The van der Waals surface area contributed by atoms with Gasteiger partial charge in [0.1, 0.15) is 5.01 Å².